The maximum Gasteiger partial charge on any atom is 0.339 e. The molecule has 0 spiro atoms. The number of carboxylic acid groups (broad SMARTS) is 1. The molecule has 1 fully saturated rings. The number of carboxylic acids is 1. The van der Waals surface area contributed by atoms with Crippen LogP contribution in [0.25, 0.3) is 0 Å². The zero-order valence-electron chi connectivity index (χ0n) is 9.33. The van der Waals surface area contributed by atoms with Gasteiger partial charge in [-0.1, -0.05) is 0 Å². The van der Waals surface area contributed by atoms with Gasteiger partial charge in [-0.25, -0.2) is 14.8 Å². The maximum absolute atomic E-state index is 10.9. The van der Waals surface area contributed by atoms with Crippen molar-refractivity contribution in [1.29, 1.82) is 0 Å². The lowest BCUT2D eigenvalue weighted by molar-refractivity contribution is 0.00927. The topological polar surface area (TPSA) is 81.5 Å². The van der Waals surface area contributed by atoms with Gasteiger partial charge in [0.2, 0.25) is 0 Å². The average molecular weight is 238 g/mol. The standard InChI is InChI=1S/C11H14N2O4/c14-11(15)9-4-12-7-13-10(9)6-16-5-8-2-1-3-17-8/h4,7-8H,1-3,5-6H2,(H,14,15). The highest BCUT2D eigenvalue weighted by Gasteiger charge is 2.16. The number of hydrogen-bond donors (Lipinski definition) is 1. The number of aromatic nitrogens is 2. The summed E-state index contributed by atoms with van der Waals surface area (Å²) >= 11 is 0. The van der Waals surface area contributed by atoms with Gasteiger partial charge in [-0.2, -0.15) is 0 Å². The molecule has 1 aliphatic heterocycles. The van der Waals surface area contributed by atoms with Crippen molar-refractivity contribution >= 4 is 5.97 Å². The molecule has 0 aromatic carbocycles. The average Bonchev–Trinajstić information content (AvgIpc) is 2.82. The largest absolute Gasteiger partial charge is 0.478 e. The highest BCUT2D eigenvalue weighted by atomic mass is 16.5. The van der Waals surface area contributed by atoms with E-state index in [1.807, 2.05) is 0 Å². The molecular weight excluding hydrogens is 224 g/mol. The Morgan fingerprint density at radius 1 is 1.65 bits per heavy atom. The number of hydrogen-bond acceptors (Lipinski definition) is 5. The van der Waals surface area contributed by atoms with Crippen LogP contribution in [0.1, 0.15) is 28.9 Å². The zero-order valence-corrected chi connectivity index (χ0v) is 9.33. The van der Waals surface area contributed by atoms with Gasteiger partial charge in [0, 0.05) is 12.8 Å². The first kappa shape index (κ1) is 11.9. The van der Waals surface area contributed by atoms with Crippen molar-refractivity contribution in [1.82, 2.24) is 9.97 Å². The molecule has 1 aliphatic rings. The van der Waals surface area contributed by atoms with Gasteiger partial charge in [0.1, 0.15) is 11.9 Å². The van der Waals surface area contributed by atoms with Crippen LogP contribution in [0.2, 0.25) is 0 Å². The van der Waals surface area contributed by atoms with E-state index in [-0.39, 0.29) is 18.3 Å². The fourth-order valence-electron chi connectivity index (χ4n) is 1.71. The Balaban J connectivity index is 1.87. The molecule has 0 aliphatic carbocycles. The normalized spacial score (nSPS) is 19.4. The lowest BCUT2D eigenvalue weighted by atomic mass is 10.2. The van der Waals surface area contributed by atoms with Crippen LogP contribution in [-0.2, 0) is 16.1 Å². The molecule has 92 valence electrons. The first-order valence-electron chi connectivity index (χ1n) is 5.49. The minimum absolute atomic E-state index is 0.0832. The minimum atomic E-state index is -1.04. The molecule has 6 nitrogen and oxygen atoms in total. The molecule has 2 heterocycles. The number of nitrogens with zero attached hydrogens (tertiary/aromatic N) is 2. The summed E-state index contributed by atoms with van der Waals surface area (Å²) in [7, 11) is 0. The van der Waals surface area contributed by atoms with Crippen molar-refractivity contribution < 1.29 is 19.4 Å². The van der Waals surface area contributed by atoms with Crippen LogP contribution >= 0.6 is 0 Å². The summed E-state index contributed by atoms with van der Waals surface area (Å²) in [6.07, 6.45) is 4.78. The second-order valence-corrected chi connectivity index (χ2v) is 3.84. The van der Waals surface area contributed by atoms with E-state index in [4.69, 9.17) is 14.6 Å². The first-order valence-corrected chi connectivity index (χ1v) is 5.49. The Kier molecular flexibility index (Phi) is 4.00. The van der Waals surface area contributed by atoms with E-state index in [0.717, 1.165) is 19.4 Å². The van der Waals surface area contributed by atoms with Crippen LogP contribution in [0, 0.1) is 0 Å². The van der Waals surface area contributed by atoms with Gasteiger partial charge >= 0.3 is 5.97 Å². The molecule has 1 N–H and O–H groups in total. The summed E-state index contributed by atoms with van der Waals surface area (Å²) in [4.78, 5) is 18.5. The van der Waals surface area contributed by atoms with Crippen LogP contribution in [0.5, 0.6) is 0 Å². The molecule has 0 radical (unpaired) electrons. The molecule has 0 amide bonds. The van der Waals surface area contributed by atoms with Crippen LogP contribution in [0.4, 0.5) is 0 Å². The molecule has 1 aromatic rings. The van der Waals surface area contributed by atoms with Gasteiger partial charge in [-0.15, -0.1) is 0 Å². The SMILES string of the molecule is O=C(O)c1cncnc1COCC1CCCO1. The van der Waals surface area contributed by atoms with Crippen molar-refractivity contribution in [3.05, 3.63) is 23.8 Å². The third-order valence-electron chi connectivity index (χ3n) is 2.59. The summed E-state index contributed by atoms with van der Waals surface area (Å²) in [5.74, 6) is -1.04. The van der Waals surface area contributed by atoms with E-state index < -0.39 is 5.97 Å². The minimum Gasteiger partial charge on any atom is -0.478 e. The quantitative estimate of drug-likeness (QED) is 0.819. The first-order chi connectivity index (χ1) is 8.27. The third-order valence-corrected chi connectivity index (χ3v) is 2.59. The fourth-order valence-corrected chi connectivity index (χ4v) is 1.71. The second-order valence-electron chi connectivity index (χ2n) is 3.84. The van der Waals surface area contributed by atoms with Gasteiger partial charge in [-0.3, -0.25) is 0 Å². The highest BCUT2D eigenvalue weighted by molar-refractivity contribution is 5.88. The highest BCUT2D eigenvalue weighted by Crippen LogP contribution is 2.13. The van der Waals surface area contributed by atoms with E-state index in [1.54, 1.807) is 0 Å². The lowest BCUT2D eigenvalue weighted by Crippen LogP contribution is -2.15. The fraction of sp³-hybridized carbons (Fsp3) is 0.545. The maximum atomic E-state index is 10.9. The predicted molar refractivity (Wildman–Crippen MR) is 57.6 cm³/mol. The third kappa shape index (κ3) is 3.21. The summed E-state index contributed by atoms with van der Waals surface area (Å²) in [6, 6.07) is 0. The van der Waals surface area contributed by atoms with Gasteiger partial charge in [-0.05, 0) is 12.8 Å². The van der Waals surface area contributed by atoms with E-state index >= 15 is 0 Å². The number of ether oxygens (including phenoxy) is 2. The Labute approximate surface area is 98.6 Å². The number of rotatable bonds is 5. The van der Waals surface area contributed by atoms with Gasteiger partial charge in [0.15, 0.2) is 0 Å². The van der Waals surface area contributed by atoms with Crippen LogP contribution in [0.15, 0.2) is 12.5 Å². The predicted octanol–water partition coefficient (Wildman–Crippen LogP) is 0.870. The van der Waals surface area contributed by atoms with Gasteiger partial charge < -0.3 is 14.6 Å². The summed E-state index contributed by atoms with van der Waals surface area (Å²) < 4.78 is 10.8. The molecule has 1 unspecified atom stereocenters. The second kappa shape index (κ2) is 5.70. The molecule has 2 rings (SSSR count). The molecule has 0 saturated carbocycles. The Bertz CT molecular complexity index is 391. The summed E-state index contributed by atoms with van der Waals surface area (Å²) in [5, 5.41) is 8.92. The van der Waals surface area contributed by atoms with Gasteiger partial charge in [0.25, 0.3) is 0 Å². The zero-order chi connectivity index (χ0) is 12.1. The van der Waals surface area contributed by atoms with Crippen molar-refractivity contribution in [2.24, 2.45) is 0 Å². The van der Waals surface area contributed by atoms with Gasteiger partial charge in [0.05, 0.1) is 25.0 Å². The monoisotopic (exact) mass is 238 g/mol. The Morgan fingerprint density at radius 2 is 2.53 bits per heavy atom. The van der Waals surface area contributed by atoms with E-state index in [9.17, 15) is 4.79 Å². The van der Waals surface area contributed by atoms with Crippen molar-refractivity contribution in [2.45, 2.75) is 25.6 Å². The van der Waals surface area contributed by atoms with E-state index in [1.165, 1.54) is 12.5 Å². The van der Waals surface area contributed by atoms with Crippen LogP contribution < -0.4 is 0 Å². The van der Waals surface area contributed by atoms with Crippen LogP contribution in [-0.4, -0.2) is 40.4 Å². The smallest absolute Gasteiger partial charge is 0.339 e. The molecule has 17 heavy (non-hydrogen) atoms. The number of carbonyl (C=O) groups is 1. The summed E-state index contributed by atoms with van der Waals surface area (Å²) in [6.45, 7) is 1.43. The van der Waals surface area contributed by atoms with Crippen molar-refractivity contribution in [2.75, 3.05) is 13.2 Å². The summed E-state index contributed by atoms with van der Waals surface area (Å²) in [5.41, 5.74) is 0.477. The molecule has 1 saturated heterocycles. The molecule has 6 heteroatoms. The van der Waals surface area contributed by atoms with Crippen molar-refractivity contribution in [3.63, 3.8) is 0 Å². The van der Waals surface area contributed by atoms with Crippen molar-refractivity contribution in [3.8, 4) is 0 Å². The molecular formula is C11H14N2O4. The van der Waals surface area contributed by atoms with Crippen LogP contribution in [0.3, 0.4) is 0 Å². The molecule has 1 aromatic heterocycles. The Morgan fingerprint density at radius 3 is 3.24 bits per heavy atom. The molecule has 0 bridgehead atoms. The number of aromatic carboxylic acids is 1. The lowest BCUT2D eigenvalue weighted by Gasteiger charge is -2.10. The van der Waals surface area contributed by atoms with E-state index in [2.05, 4.69) is 9.97 Å². The molecule has 1 atom stereocenters. The van der Waals surface area contributed by atoms with E-state index in [0.29, 0.717) is 12.3 Å². The Hall–Kier alpha value is -1.53.